The van der Waals surface area contributed by atoms with Crippen molar-refractivity contribution in [2.45, 2.75) is 71.4 Å². The molecule has 114 valence electrons. The first-order valence-electron chi connectivity index (χ1n) is 7.98. The summed E-state index contributed by atoms with van der Waals surface area (Å²) in [7, 11) is 0. The van der Waals surface area contributed by atoms with Crippen molar-refractivity contribution >= 4 is 0 Å². The summed E-state index contributed by atoms with van der Waals surface area (Å²) in [5.41, 5.74) is -0.0617. The van der Waals surface area contributed by atoms with Crippen molar-refractivity contribution in [3.8, 4) is 0 Å². The van der Waals surface area contributed by atoms with Gasteiger partial charge >= 0.3 is 0 Å². The summed E-state index contributed by atoms with van der Waals surface area (Å²) in [6.45, 7) is 11.7. The molecule has 0 radical (unpaired) electrons. The molecule has 1 unspecified atom stereocenters. The van der Waals surface area contributed by atoms with E-state index in [1.807, 2.05) is 0 Å². The molecule has 1 N–H and O–H groups in total. The fourth-order valence-electron chi connectivity index (χ4n) is 2.78. The van der Waals surface area contributed by atoms with Gasteiger partial charge in [0.05, 0.1) is 25.4 Å². The van der Waals surface area contributed by atoms with Crippen LogP contribution in [0.15, 0.2) is 0 Å². The lowest BCUT2D eigenvalue weighted by Crippen LogP contribution is -2.41. The van der Waals surface area contributed by atoms with Crippen LogP contribution in [0.4, 0.5) is 0 Å². The number of ether oxygens (including phenoxy) is 2. The Morgan fingerprint density at radius 1 is 1.11 bits per heavy atom. The average molecular weight is 271 g/mol. The molecule has 0 bridgehead atoms. The Labute approximate surface area is 119 Å². The third-order valence-electron chi connectivity index (χ3n) is 3.75. The van der Waals surface area contributed by atoms with Gasteiger partial charge in [-0.2, -0.15) is 0 Å². The van der Waals surface area contributed by atoms with Gasteiger partial charge in [-0.25, -0.2) is 0 Å². The smallest absolute Gasteiger partial charge is 0.0707 e. The summed E-state index contributed by atoms with van der Waals surface area (Å²) in [6, 6.07) is 0.528. The van der Waals surface area contributed by atoms with Crippen molar-refractivity contribution in [3.05, 3.63) is 0 Å². The molecule has 0 spiro atoms. The van der Waals surface area contributed by atoms with Gasteiger partial charge in [0.15, 0.2) is 0 Å². The highest BCUT2D eigenvalue weighted by Gasteiger charge is 2.22. The molecule has 0 aromatic carbocycles. The number of rotatable bonds is 8. The van der Waals surface area contributed by atoms with E-state index in [0.29, 0.717) is 19.3 Å². The van der Waals surface area contributed by atoms with E-state index in [1.165, 1.54) is 32.1 Å². The van der Waals surface area contributed by atoms with Crippen LogP contribution in [0.3, 0.4) is 0 Å². The van der Waals surface area contributed by atoms with Gasteiger partial charge in [-0.1, -0.05) is 26.2 Å². The van der Waals surface area contributed by atoms with Crippen LogP contribution in [0.1, 0.15) is 59.8 Å². The molecule has 0 saturated heterocycles. The van der Waals surface area contributed by atoms with Crippen molar-refractivity contribution in [1.82, 2.24) is 5.32 Å². The summed E-state index contributed by atoms with van der Waals surface area (Å²) in [5, 5.41) is 3.59. The first kappa shape index (κ1) is 16.9. The van der Waals surface area contributed by atoms with Crippen LogP contribution in [0, 0.1) is 5.92 Å². The molecule has 1 aliphatic carbocycles. The first-order valence-corrected chi connectivity index (χ1v) is 7.98. The fraction of sp³-hybridized carbons (Fsp3) is 1.00. The minimum absolute atomic E-state index is 0.0617. The lowest BCUT2D eigenvalue weighted by atomic mass is 9.84. The Morgan fingerprint density at radius 3 is 2.37 bits per heavy atom. The van der Waals surface area contributed by atoms with Crippen molar-refractivity contribution in [2.24, 2.45) is 5.92 Å². The fourth-order valence-corrected chi connectivity index (χ4v) is 2.78. The molecule has 3 nitrogen and oxygen atoms in total. The van der Waals surface area contributed by atoms with Crippen LogP contribution in [-0.4, -0.2) is 38.0 Å². The van der Waals surface area contributed by atoms with E-state index in [4.69, 9.17) is 9.47 Å². The summed E-state index contributed by atoms with van der Waals surface area (Å²) < 4.78 is 11.5. The van der Waals surface area contributed by atoms with Gasteiger partial charge < -0.3 is 14.8 Å². The lowest BCUT2D eigenvalue weighted by Gasteiger charge is -2.30. The Hall–Kier alpha value is -0.120. The molecule has 1 atom stereocenters. The molecular formula is C16H33NO2. The quantitative estimate of drug-likeness (QED) is 0.687. The molecule has 1 saturated carbocycles. The standard InChI is InChI=1S/C16H33NO2/c1-5-17-15(14-9-7-6-8-10-14)13-18-11-12-19-16(2,3)4/h14-15,17H,5-13H2,1-4H3. The van der Waals surface area contributed by atoms with Crippen LogP contribution in [0.2, 0.25) is 0 Å². The maximum atomic E-state index is 5.81. The third kappa shape index (κ3) is 7.91. The zero-order valence-corrected chi connectivity index (χ0v) is 13.3. The Balaban J connectivity index is 2.18. The Bertz CT molecular complexity index is 219. The highest BCUT2D eigenvalue weighted by molar-refractivity contribution is 4.78. The van der Waals surface area contributed by atoms with E-state index >= 15 is 0 Å². The number of hydrogen-bond acceptors (Lipinski definition) is 3. The third-order valence-corrected chi connectivity index (χ3v) is 3.75. The average Bonchev–Trinajstić information content (AvgIpc) is 2.37. The van der Waals surface area contributed by atoms with Gasteiger partial charge in [0.1, 0.15) is 0 Å². The molecule has 0 aromatic heterocycles. The maximum Gasteiger partial charge on any atom is 0.0707 e. The summed E-state index contributed by atoms with van der Waals surface area (Å²) >= 11 is 0. The van der Waals surface area contributed by atoms with Gasteiger partial charge in [0.25, 0.3) is 0 Å². The topological polar surface area (TPSA) is 30.5 Å². The molecular weight excluding hydrogens is 238 g/mol. The molecule has 19 heavy (non-hydrogen) atoms. The predicted molar refractivity (Wildman–Crippen MR) is 80.6 cm³/mol. The van der Waals surface area contributed by atoms with Crippen molar-refractivity contribution in [3.63, 3.8) is 0 Å². The summed E-state index contributed by atoms with van der Waals surface area (Å²) in [4.78, 5) is 0. The minimum atomic E-state index is -0.0617. The van der Waals surface area contributed by atoms with Crippen LogP contribution in [-0.2, 0) is 9.47 Å². The van der Waals surface area contributed by atoms with E-state index in [9.17, 15) is 0 Å². The van der Waals surface area contributed by atoms with E-state index in [2.05, 4.69) is 33.0 Å². The van der Waals surface area contributed by atoms with Gasteiger partial charge in [-0.05, 0) is 46.1 Å². The molecule has 1 fully saturated rings. The molecule has 3 heteroatoms. The Morgan fingerprint density at radius 2 is 1.79 bits per heavy atom. The minimum Gasteiger partial charge on any atom is -0.377 e. The van der Waals surface area contributed by atoms with E-state index in [1.54, 1.807) is 0 Å². The second-order valence-electron chi connectivity index (χ2n) is 6.60. The van der Waals surface area contributed by atoms with E-state index < -0.39 is 0 Å². The van der Waals surface area contributed by atoms with Crippen LogP contribution in [0.25, 0.3) is 0 Å². The molecule has 0 aliphatic heterocycles. The monoisotopic (exact) mass is 271 g/mol. The molecule has 0 heterocycles. The number of hydrogen-bond donors (Lipinski definition) is 1. The van der Waals surface area contributed by atoms with Gasteiger partial charge in [0, 0.05) is 6.04 Å². The van der Waals surface area contributed by atoms with Crippen LogP contribution < -0.4 is 5.32 Å². The second-order valence-corrected chi connectivity index (χ2v) is 6.60. The summed E-state index contributed by atoms with van der Waals surface area (Å²) in [6.07, 6.45) is 6.91. The van der Waals surface area contributed by atoms with Gasteiger partial charge in [0.2, 0.25) is 0 Å². The largest absolute Gasteiger partial charge is 0.377 e. The van der Waals surface area contributed by atoms with Crippen molar-refractivity contribution < 1.29 is 9.47 Å². The zero-order chi connectivity index (χ0) is 14.1. The highest BCUT2D eigenvalue weighted by atomic mass is 16.5. The SMILES string of the molecule is CCNC(COCCOC(C)(C)C)C1CCCCC1. The van der Waals surface area contributed by atoms with Gasteiger partial charge in [-0.3, -0.25) is 0 Å². The molecule has 0 amide bonds. The van der Waals surface area contributed by atoms with Crippen molar-refractivity contribution in [2.75, 3.05) is 26.4 Å². The highest BCUT2D eigenvalue weighted by Crippen LogP contribution is 2.26. The van der Waals surface area contributed by atoms with Crippen molar-refractivity contribution in [1.29, 1.82) is 0 Å². The Kier molecular flexibility index (Phi) is 7.96. The molecule has 1 aliphatic rings. The summed E-state index contributed by atoms with van der Waals surface area (Å²) in [5.74, 6) is 0.803. The number of likely N-dealkylation sites (N-methyl/N-ethyl adjacent to an activating group) is 1. The lowest BCUT2D eigenvalue weighted by molar-refractivity contribution is -0.0397. The van der Waals surface area contributed by atoms with Crippen LogP contribution >= 0.6 is 0 Å². The van der Waals surface area contributed by atoms with E-state index in [-0.39, 0.29) is 5.60 Å². The zero-order valence-electron chi connectivity index (χ0n) is 13.3. The maximum absolute atomic E-state index is 5.81. The van der Waals surface area contributed by atoms with E-state index in [0.717, 1.165) is 19.1 Å². The first-order chi connectivity index (χ1) is 9.03. The second kappa shape index (κ2) is 8.93. The number of nitrogens with one attached hydrogen (secondary N) is 1. The normalized spacial score (nSPS) is 19.6. The molecule has 0 aromatic rings. The van der Waals surface area contributed by atoms with Gasteiger partial charge in [-0.15, -0.1) is 0 Å². The predicted octanol–water partition coefficient (Wildman–Crippen LogP) is 3.38. The van der Waals surface area contributed by atoms with Crippen LogP contribution in [0.5, 0.6) is 0 Å². The molecule has 1 rings (SSSR count).